The standard InChI is InChI=1S/C24H20N2O5S.2C2H6/c1-15-4-5-16(2)22(14-15)23(25-31-17(3)27)24(28)18-6-10-20(11-7-18)32-21-12-8-19(9-13-21)26(29)30;2*1-2/h4-14H,1-3H3;2*1-2H3/b25-23-;;. The number of hydrogen-bond donors (Lipinski definition) is 0. The minimum atomic E-state index is -0.615. The first-order chi connectivity index (χ1) is 17.2. The van der Waals surface area contributed by atoms with Crippen LogP contribution < -0.4 is 0 Å². The first-order valence-electron chi connectivity index (χ1n) is 11.6. The Labute approximate surface area is 216 Å². The predicted octanol–water partition coefficient (Wildman–Crippen LogP) is 7.57. The number of nitrogens with zero attached hydrogens (tertiary/aromatic N) is 2. The van der Waals surface area contributed by atoms with Crippen LogP contribution in [0.25, 0.3) is 0 Å². The second-order valence-corrected chi connectivity index (χ2v) is 8.19. The summed E-state index contributed by atoms with van der Waals surface area (Å²) in [5.41, 5.74) is 2.85. The lowest BCUT2D eigenvalue weighted by atomic mass is 9.96. The number of carbonyl (C=O) groups excluding carboxylic acids is 2. The molecule has 0 atom stereocenters. The molecule has 0 N–H and O–H groups in total. The quantitative estimate of drug-likeness (QED) is 0.107. The maximum atomic E-state index is 13.2. The highest BCUT2D eigenvalue weighted by Crippen LogP contribution is 2.29. The third kappa shape index (κ3) is 8.78. The van der Waals surface area contributed by atoms with E-state index in [0.29, 0.717) is 11.1 Å². The summed E-state index contributed by atoms with van der Waals surface area (Å²) in [6.45, 7) is 13.0. The van der Waals surface area contributed by atoms with Gasteiger partial charge in [0.05, 0.1) is 4.92 Å². The van der Waals surface area contributed by atoms with Crippen molar-refractivity contribution < 1.29 is 19.3 Å². The van der Waals surface area contributed by atoms with Gasteiger partial charge in [-0.2, -0.15) is 0 Å². The van der Waals surface area contributed by atoms with Crippen LogP contribution in [0.1, 0.15) is 61.7 Å². The summed E-state index contributed by atoms with van der Waals surface area (Å²) in [7, 11) is 0. The topological polar surface area (TPSA) is 98.9 Å². The summed E-state index contributed by atoms with van der Waals surface area (Å²) in [6, 6.07) is 18.8. The van der Waals surface area contributed by atoms with Gasteiger partial charge in [0.1, 0.15) is 0 Å². The van der Waals surface area contributed by atoms with Crippen LogP contribution in [0.3, 0.4) is 0 Å². The molecule has 0 spiro atoms. The molecule has 0 radical (unpaired) electrons. The molecule has 0 aliphatic rings. The zero-order valence-electron chi connectivity index (χ0n) is 21.7. The molecular formula is C28H32N2O5S. The minimum Gasteiger partial charge on any atom is -0.318 e. The molecule has 0 unspecified atom stereocenters. The normalized spacial score (nSPS) is 10.2. The van der Waals surface area contributed by atoms with Gasteiger partial charge in [-0.1, -0.05) is 62.3 Å². The Morgan fingerprint density at radius 3 is 1.89 bits per heavy atom. The van der Waals surface area contributed by atoms with E-state index in [1.807, 2.05) is 59.7 Å². The van der Waals surface area contributed by atoms with Crippen LogP contribution in [0.2, 0.25) is 0 Å². The molecule has 36 heavy (non-hydrogen) atoms. The van der Waals surface area contributed by atoms with Crippen molar-refractivity contribution in [1.82, 2.24) is 0 Å². The lowest BCUT2D eigenvalue weighted by Crippen LogP contribution is -2.18. The average molecular weight is 509 g/mol. The maximum absolute atomic E-state index is 13.2. The van der Waals surface area contributed by atoms with Crippen LogP contribution in [0.15, 0.2) is 81.7 Å². The SMILES string of the molecule is CC.CC.CC(=O)O/N=C(\C(=O)c1ccc(Sc2ccc([N+](=O)[O-])cc2)cc1)c1cc(C)ccc1C. The number of rotatable bonds is 7. The van der Waals surface area contributed by atoms with Crippen LogP contribution in [0, 0.1) is 24.0 Å². The van der Waals surface area contributed by atoms with E-state index in [0.717, 1.165) is 20.9 Å². The van der Waals surface area contributed by atoms with Crippen LogP contribution in [-0.4, -0.2) is 22.4 Å². The monoisotopic (exact) mass is 508 g/mol. The number of carbonyl (C=O) groups is 2. The summed E-state index contributed by atoms with van der Waals surface area (Å²) in [4.78, 5) is 41.3. The number of ketones is 1. The Balaban J connectivity index is 0.00000154. The van der Waals surface area contributed by atoms with Crippen molar-refractivity contribution in [2.24, 2.45) is 5.16 Å². The molecule has 3 rings (SSSR count). The van der Waals surface area contributed by atoms with E-state index in [1.165, 1.54) is 30.8 Å². The summed E-state index contributed by atoms with van der Waals surface area (Å²) in [5.74, 6) is -0.984. The van der Waals surface area contributed by atoms with Gasteiger partial charge in [0, 0.05) is 40.0 Å². The maximum Gasteiger partial charge on any atom is 0.332 e. The van der Waals surface area contributed by atoms with Crippen LogP contribution >= 0.6 is 11.8 Å². The lowest BCUT2D eigenvalue weighted by Gasteiger charge is -2.10. The molecule has 0 fully saturated rings. The molecule has 3 aromatic rings. The fourth-order valence-corrected chi connectivity index (χ4v) is 3.71. The number of hydrogen-bond acceptors (Lipinski definition) is 7. The molecule has 0 amide bonds. The van der Waals surface area contributed by atoms with Gasteiger partial charge in [0.15, 0.2) is 5.71 Å². The molecule has 0 saturated heterocycles. The van der Waals surface area contributed by atoms with Crippen molar-refractivity contribution in [2.75, 3.05) is 0 Å². The lowest BCUT2D eigenvalue weighted by molar-refractivity contribution is -0.384. The molecular weight excluding hydrogens is 476 g/mol. The Bertz CT molecular complexity index is 1200. The highest BCUT2D eigenvalue weighted by Gasteiger charge is 2.20. The molecule has 7 nitrogen and oxygen atoms in total. The van der Waals surface area contributed by atoms with Gasteiger partial charge in [-0.05, 0) is 61.9 Å². The molecule has 0 aliphatic carbocycles. The van der Waals surface area contributed by atoms with Crippen LogP contribution in [0.4, 0.5) is 5.69 Å². The van der Waals surface area contributed by atoms with Crippen LogP contribution in [0.5, 0.6) is 0 Å². The Hall–Kier alpha value is -3.78. The number of benzene rings is 3. The third-order valence-electron chi connectivity index (χ3n) is 4.53. The van der Waals surface area contributed by atoms with Crippen molar-refractivity contribution >= 4 is 34.9 Å². The number of aryl methyl sites for hydroxylation is 2. The Morgan fingerprint density at radius 2 is 1.39 bits per heavy atom. The van der Waals surface area contributed by atoms with Gasteiger partial charge in [0.2, 0.25) is 5.78 Å². The Morgan fingerprint density at radius 1 is 0.861 bits per heavy atom. The summed E-state index contributed by atoms with van der Waals surface area (Å²) >= 11 is 1.42. The number of non-ortho nitro benzene ring substituents is 1. The molecule has 0 saturated carbocycles. The molecule has 8 heteroatoms. The van der Waals surface area contributed by atoms with E-state index in [2.05, 4.69) is 5.16 Å². The van der Waals surface area contributed by atoms with Gasteiger partial charge in [-0.25, -0.2) is 4.79 Å². The van der Waals surface area contributed by atoms with Gasteiger partial charge in [0.25, 0.3) is 5.69 Å². The van der Waals surface area contributed by atoms with Crippen molar-refractivity contribution in [3.8, 4) is 0 Å². The van der Waals surface area contributed by atoms with E-state index < -0.39 is 10.9 Å². The van der Waals surface area contributed by atoms with Gasteiger partial charge >= 0.3 is 5.97 Å². The predicted molar refractivity (Wildman–Crippen MR) is 145 cm³/mol. The zero-order valence-corrected chi connectivity index (χ0v) is 22.5. The van der Waals surface area contributed by atoms with Crippen molar-refractivity contribution in [3.05, 3.63) is 99.1 Å². The number of nitro benzene ring substituents is 1. The van der Waals surface area contributed by atoms with Crippen molar-refractivity contribution in [3.63, 3.8) is 0 Å². The first kappa shape index (κ1) is 30.3. The fraction of sp³-hybridized carbons (Fsp3) is 0.250. The first-order valence-corrected chi connectivity index (χ1v) is 12.5. The molecule has 0 aromatic heterocycles. The number of nitro groups is 1. The van der Waals surface area contributed by atoms with Gasteiger partial charge in [-0.15, -0.1) is 0 Å². The highest BCUT2D eigenvalue weighted by molar-refractivity contribution is 7.99. The summed E-state index contributed by atoms with van der Waals surface area (Å²) in [6.07, 6.45) is 0. The second-order valence-electron chi connectivity index (χ2n) is 7.05. The zero-order chi connectivity index (χ0) is 27.3. The fourth-order valence-electron chi connectivity index (χ4n) is 2.90. The number of oxime groups is 1. The smallest absolute Gasteiger partial charge is 0.318 e. The van der Waals surface area contributed by atoms with E-state index in [1.54, 1.807) is 36.4 Å². The molecule has 0 bridgehead atoms. The summed E-state index contributed by atoms with van der Waals surface area (Å²) in [5, 5.41) is 14.6. The third-order valence-corrected chi connectivity index (χ3v) is 5.54. The molecule has 3 aromatic carbocycles. The van der Waals surface area contributed by atoms with Crippen molar-refractivity contribution in [2.45, 2.75) is 58.3 Å². The average Bonchev–Trinajstić information content (AvgIpc) is 2.89. The van der Waals surface area contributed by atoms with E-state index >= 15 is 0 Å². The highest BCUT2D eigenvalue weighted by atomic mass is 32.2. The second kappa shape index (κ2) is 15.3. The number of Topliss-reactive ketones (excluding diaryl/α,β-unsaturated/α-hetero) is 1. The van der Waals surface area contributed by atoms with E-state index in [9.17, 15) is 19.7 Å². The summed E-state index contributed by atoms with van der Waals surface area (Å²) < 4.78 is 0. The van der Waals surface area contributed by atoms with E-state index in [-0.39, 0.29) is 17.2 Å². The molecule has 0 aliphatic heterocycles. The largest absolute Gasteiger partial charge is 0.332 e. The van der Waals surface area contributed by atoms with Gasteiger partial charge in [-0.3, -0.25) is 14.9 Å². The van der Waals surface area contributed by atoms with Crippen molar-refractivity contribution in [1.29, 1.82) is 0 Å². The van der Waals surface area contributed by atoms with Crippen LogP contribution in [-0.2, 0) is 9.63 Å². The van der Waals surface area contributed by atoms with Gasteiger partial charge < -0.3 is 4.84 Å². The van der Waals surface area contributed by atoms with E-state index in [4.69, 9.17) is 4.84 Å². The minimum absolute atomic E-state index is 0.0290. The molecule has 0 heterocycles. The molecule has 190 valence electrons. The Kier molecular flexibility index (Phi) is 12.8.